The third kappa shape index (κ3) is 4.24. The first-order valence-corrected chi connectivity index (χ1v) is 7.04. The van der Waals surface area contributed by atoms with E-state index in [9.17, 15) is 88.0 Å². The summed E-state index contributed by atoms with van der Waals surface area (Å²) < 4.78 is 255. The standard InChI is InChI=1S/C11H5F20N/c12-3(32(30)31)1-2-4(13,14)5(15,16)6(17,18)7(19,20)8(21,22)9(23,24)10(25,26)11(27,28)29/h3H,1-2H2. The zero-order valence-electron chi connectivity index (χ0n) is 14.0. The van der Waals surface area contributed by atoms with Gasteiger partial charge in [0.25, 0.3) is 0 Å². The van der Waals surface area contributed by atoms with E-state index in [4.69, 9.17) is 0 Å². The third-order valence-electron chi connectivity index (χ3n) is 3.70. The fraction of sp³-hybridized carbons (Fsp3) is 1.00. The van der Waals surface area contributed by atoms with Crippen molar-refractivity contribution in [2.24, 2.45) is 0 Å². The lowest BCUT2D eigenvalue weighted by Gasteiger charge is -2.42. The smallest absolute Gasteiger partial charge is 0.224 e. The minimum absolute atomic E-state index is 2.59. The highest BCUT2D eigenvalue weighted by Crippen LogP contribution is 2.64. The molecule has 0 fully saturated rings. The number of hydrogen-bond donors (Lipinski definition) is 0. The Balaban J connectivity index is 6.47. The van der Waals surface area contributed by atoms with E-state index in [0.717, 1.165) is 0 Å². The molecule has 0 radical (unpaired) electrons. The summed E-state index contributed by atoms with van der Waals surface area (Å²) >= 11 is 0. The molecule has 0 aliphatic heterocycles. The van der Waals surface area contributed by atoms with Gasteiger partial charge in [0.15, 0.2) is 0 Å². The van der Waals surface area contributed by atoms with Gasteiger partial charge in [0.2, 0.25) is 6.30 Å². The van der Waals surface area contributed by atoms with E-state index >= 15 is 0 Å². The van der Waals surface area contributed by atoms with Crippen molar-refractivity contribution < 1.29 is 88.0 Å². The molecule has 0 heterocycles. The molecule has 194 valence electrons. The summed E-state index contributed by atoms with van der Waals surface area (Å²) in [5, 5.41) is -2.63. The molecule has 0 amide bonds. The maximum absolute atomic E-state index is 13.3. The molecule has 0 saturated carbocycles. The lowest BCUT2D eigenvalue weighted by Crippen LogP contribution is -2.74. The summed E-state index contributed by atoms with van der Waals surface area (Å²) in [7, 11) is 0. The van der Waals surface area contributed by atoms with Crippen molar-refractivity contribution in [3.63, 3.8) is 0 Å². The van der Waals surface area contributed by atoms with E-state index in [1.54, 1.807) is 0 Å². The van der Waals surface area contributed by atoms with Crippen LogP contribution in [0.4, 0.5) is 88.0 Å². The van der Waals surface area contributed by atoms with Gasteiger partial charge in [-0.25, -0.2) is 4.39 Å². The largest absolute Gasteiger partial charge is 0.460 e. The van der Waals surface area contributed by atoms with E-state index in [2.05, 4.69) is 0 Å². The Labute approximate surface area is 161 Å². The van der Waals surface area contributed by atoms with Crippen LogP contribution < -0.4 is 0 Å². The topological polar surface area (TPSA) is 3.24 Å². The predicted octanol–water partition coefficient (Wildman–Crippen LogP) is 7.14. The monoisotopic (exact) mass is 531 g/mol. The van der Waals surface area contributed by atoms with Crippen molar-refractivity contribution in [2.75, 3.05) is 0 Å². The minimum Gasteiger partial charge on any atom is -0.224 e. The minimum atomic E-state index is -8.78. The van der Waals surface area contributed by atoms with Gasteiger partial charge in [0.1, 0.15) is 0 Å². The first-order valence-electron chi connectivity index (χ1n) is 7.04. The average Bonchev–Trinajstić information content (AvgIpc) is 2.57. The zero-order chi connectivity index (χ0) is 26.6. The van der Waals surface area contributed by atoms with Gasteiger partial charge in [-0.05, 0) is 0 Å². The molecular formula is C11H5F20N. The number of nitrogens with zero attached hydrogens (tertiary/aromatic N) is 1. The van der Waals surface area contributed by atoms with Crippen LogP contribution in [0.1, 0.15) is 12.8 Å². The van der Waals surface area contributed by atoms with Gasteiger partial charge >= 0.3 is 47.6 Å². The molecule has 1 unspecified atom stereocenters. The third-order valence-corrected chi connectivity index (χ3v) is 3.70. The summed E-state index contributed by atoms with van der Waals surface area (Å²) in [6.07, 6.45) is -17.7. The molecule has 0 rings (SSSR count). The summed E-state index contributed by atoms with van der Waals surface area (Å²) in [6.45, 7) is 0. The zero-order valence-corrected chi connectivity index (χ0v) is 14.0. The van der Waals surface area contributed by atoms with Gasteiger partial charge in [-0.2, -0.15) is 74.6 Å². The quantitative estimate of drug-likeness (QED) is 0.165. The van der Waals surface area contributed by atoms with E-state index in [-0.39, 0.29) is 0 Å². The fourth-order valence-corrected chi connectivity index (χ4v) is 1.75. The van der Waals surface area contributed by atoms with Gasteiger partial charge in [0.05, 0.1) is 5.34 Å². The van der Waals surface area contributed by atoms with Crippen molar-refractivity contribution in [2.45, 2.75) is 66.8 Å². The Morgan fingerprint density at radius 1 is 0.469 bits per heavy atom. The molecule has 0 aliphatic carbocycles. The van der Waals surface area contributed by atoms with E-state index < -0.39 is 72.1 Å². The van der Waals surface area contributed by atoms with Crippen LogP contribution in [0.15, 0.2) is 0 Å². The Hall–Kier alpha value is -1.44. The second kappa shape index (κ2) is 8.10. The first kappa shape index (κ1) is 30.6. The van der Waals surface area contributed by atoms with E-state index in [1.807, 2.05) is 0 Å². The normalized spacial score (nSPS) is 17.2. The molecule has 0 spiro atoms. The van der Waals surface area contributed by atoms with Crippen molar-refractivity contribution in [1.82, 2.24) is 5.34 Å². The predicted molar refractivity (Wildman–Crippen MR) is 58.9 cm³/mol. The van der Waals surface area contributed by atoms with Crippen LogP contribution in [0.25, 0.3) is 0 Å². The number of rotatable bonds is 10. The van der Waals surface area contributed by atoms with Crippen molar-refractivity contribution in [1.29, 1.82) is 0 Å². The maximum Gasteiger partial charge on any atom is 0.460 e. The molecular weight excluding hydrogens is 526 g/mol. The molecule has 0 aromatic rings. The van der Waals surface area contributed by atoms with Crippen molar-refractivity contribution in [3.05, 3.63) is 0 Å². The van der Waals surface area contributed by atoms with E-state index in [0.29, 0.717) is 0 Å². The fourth-order valence-electron chi connectivity index (χ4n) is 1.75. The van der Waals surface area contributed by atoms with Gasteiger partial charge in [-0.15, -0.1) is 0 Å². The molecule has 1 nitrogen and oxygen atoms in total. The lowest BCUT2D eigenvalue weighted by molar-refractivity contribution is -0.462. The van der Waals surface area contributed by atoms with Gasteiger partial charge < -0.3 is 0 Å². The molecule has 0 saturated heterocycles. The van der Waals surface area contributed by atoms with Crippen LogP contribution in [-0.2, 0) is 0 Å². The Bertz CT molecular complexity index is 646. The average molecular weight is 531 g/mol. The van der Waals surface area contributed by atoms with Crippen molar-refractivity contribution >= 4 is 0 Å². The summed E-state index contributed by atoms with van der Waals surface area (Å²) in [6, 6.07) is 0. The van der Waals surface area contributed by atoms with Crippen LogP contribution in [0, 0.1) is 0 Å². The Morgan fingerprint density at radius 2 is 0.750 bits per heavy atom. The van der Waals surface area contributed by atoms with Crippen molar-refractivity contribution in [3.8, 4) is 0 Å². The second-order valence-corrected chi connectivity index (χ2v) is 5.88. The molecule has 0 aromatic heterocycles. The van der Waals surface area contributed by atoms with Crippen LogP contribution in [-0.4, -0.2) is 59.3 Å². The van der Waals surface area contributed by atoms with Gasteiger partial charge in [-0.1, -0.05) is 8.96 Å². The molecule has 32 heavy (non-hydrogen) atoms. The summed E-state index contributed by atoms with van der Waals surface area (Å²) in [5.41, 5.74) is 0. The summed E-state index contributed by atoms with van der Waals surface area (Å²) in [4.78, 5) is 0. The second-order valence-electron chi connectivity index (χ2n) is 5.88. The van der Waals surface area contributed by atoms with E-state index in [1.165, 1.54) is 0 Å². The molecule has 21 heteroatoms. The lowest BCUT2D eigenvalue weighted by atomic mass is 9.88. The molecule has 1 atom stereocenters. The number of alkyl halides is 18. The molecule has 0 bridgehead atoms. The maximum atomic E-state index is 13.3. The number of halogens is 20. The molecule has 0 aromatic carbocycles. The Morgan fingerprint density at radius 3 is 1.03 bits per heavy atom. The van der Waals surface area contributed by atoms with Crippen LogP contribution in [0.3, 0.4) is 0 Å². The molecule has 0 aliphatic rings. The van der Waals surface area contributed by atoms with Crippen LogP contribution in [0.2, 0.25) is 0 Å². The first-order chi connectivity index (χ1) is 13.6. The molecule has 0 N–H and O–H groups in total. The Kier molecular flexibility index (Phi) is 7.74. The van der Waals surface area contributed by atoms with Crippen LogP contribution in [0.5, 0.6) is 0 Å². The van der Waals surface area contributed by atoms with Gasteiger partial charge in [-0.3, -0.25) is 0 Å². The van der Waals surface area contributed by atoms with Crippen LogP contribution >= 0.6 is 0 Å². The SMILES string of the molecule is FC(CCC(F)(F)C(F)(F)C(F)(F)C(F)(F)C(F)(F)C(F)(F)C(F)(F)C(F)(F)F)N(F)F. The van der Waals surface area contributed by atoms with Gasteiger partial charge in [0, 0.05) is 12.8 Å². The highest BCUT2D eigenvalue weighted by atomic mass is 19.4. The highest BCUT2D eigenvalue weighted by molar-refractivity contribution is 5.15. The number of hydrogen-bond acceptors (Lipinski definition) is 1. The highest BCUT2D eigenvalue weighted by Gasteiger charge is 2.95. The summed E-state index contributed by atoms with van der Waals surface area (Å²) in [5.74, 6) is -57.9.